The van der Waals surface area contributed by atoms with Gasteiger partial charge in [0, 0.05) is 37.7 Å². The lowest BCUT2D eigenvalue weighted by Gasteiger charge is -2.40. The van der Waals surface area contributed by atoms with Crippen molar-refractivity contribution in [3.05, 3.63) is 39.2 Å². The largest absolute Gasteiger partial charge is 0.345 e. The Balaban J connectivity index is 1.30. The lowest BCUT2D eigenvalue weighted by Crippen LogP contribution is -2.57. The highest BCUT2D eigenvalue weighted by Gasteiger charge is 2.40. The normalized spacial score (nSPS) is 20.3. The Kier molecular flexibility index (Phi) is 6.82. The van der Waals surface area contributed by atoms with Gasteiger partial charge >= 0.3 is 0 Å². The third kappa shape index (κ3) is 4.44. The van der Waals surface area contributed by atoms with Crippen LogP contribution < -0.4 is 4.90 Å². The minimum absolute atomic E-state index is 0.113. The molecule has 1 amide bonds. The Labute approximate surface area is 216 Å². The number of thiazole rings is 1. The topological polar surface area (TPSA) is 73.8 Å². The fourth-order valence-electron chi connectivity index (χ4n) is 4.54. The van der Waals surface area contributed by atoms with E-state index >= 15 is 0 Å². The van der Waals surface area contributed by atoms with Crippen molar-refractivity contribution < 1.29 is 13.2 Å². The number of halogens is 2. The van der Waals surface area contributed by atoms with Crippen molar-refractivity contribution in [2.24, 2.45) is 0 Å². The van der Waals surface area contributed by atoms with Crippen LogP contribution in [0.4, 0.5) is 5.13 Å². The summed E-state index contributed by atoms with van der Waals surface area (Å²) in [5.41, 5.74) is 1.89. The molecule has 0 N–H and O–H groups in total. The van der Waals surface area contributed by atoms with Crippen LogP contribution in [0.15, 0.2) is 28.5 Å². The van der Waals surface area contributed by atoms with Gasteiger partial charge in [0.15, 0.2) is 5.13 Å². The summed E-state index contributed by atoms with van der Waals surface area (Å²) < 4.78 is 29.6. The highest BCUT2D eigenvalue weighted by atomic mass is 35.5. The highest BCUT2D eigenvalue weighted by Crippen LogP contribution is 2.35. The first-order chi connectivity index (χ1) is 16.3. The smallest absolute Gasteiger partial charge is 0.253 e. The van der Waals surface area contributed by atoms with Crippen molar-refractivity contribution >= 4 is 77.2 Å². The molecule has 1 aromatic carbocycles. The summed E-state index contributed by atoms with van der Waals surface area (Å²) in [6, 6.07) is 6.32. The molecule has 0 saturated carbocycles. The molecule has 5 rings (SSSR count). The molecule has 12 heteroatoms. The monoisotopic (exact) mass is 558 g/mol. The number of amides is 1. The SMILES string of the molecule is Cc1c(Cl)ccc2sc(N3CCN(C(=O)C4CCCCN4S(=O)(=O)c4ccc(Cl)s4)CC3)nc12. The van der Waals surface area contributed by atoms with E-state index in [-0.39, 0.29) is 10.1 Å². The van der Waals surface area contributed by atoms with Crippen LogP contribution in [0.1, 0.15) is 24.8 Å². The Morgan fingerprint density at radius 2 is 1.79 bits per heavy atom. The maximum absolute atomic E-state index is 13.5. The lowest BCUT2D eigenvalue weighted by atomic mass is 10.0. The fraction of sp³-hybridized carbons (Fsp3) is 0.455. The molecular weight excluding hydrogens is 535 g/mol. The van der Waals surface area contributed by atoms with Crippen LogP contribution in [0.5, 0.6) is 0 Å². The zero-order chi connectivity index (χ0) is 24.0. The number of carbonyl (C=O) groups is 1. The van der Waals surface area contributed by atoms with Crippen LogP contribution >= 0.6 is 45.9 Å². The first-order valence-electron chi connectivity index (χ1n) is 11.1. The maximum Gasteiger partial charge on any atom is 0.253 e. The number of hydrogen-bond acceptors (Lipinski definition) is 7. The van der Waals surface area contributed by atoms with E-state index in [0.29, 0.717) is 48.5 Å². The first kappa shape index (κ1) is 24.3. The van der Waals surface area contributed by atoms with Gasteiger partial charge in [0.1, 0.15) is 10.3 Å². The number of hydrogen-bond donors (Lipinski definition) is 0. The van der Waals surface area contributed by atoms with Crippen molar-refractivity contribution in [1.29, 1.82) is 0 Å². The zero-order valence-electron chi connectivity index (χ0n) is 18.5. The van der Waals surface area contributed by atoms with E-state index in [1.54, 1.807) is 22.3 Å². The second-order valence-corrected chi connectivity index (χ2v) is 13.8. The van der Waals surface area contributed by atoms with E-state index in [4.69, 9.17) is 28.2 Å². The number of nitrogens with zero attached hydrogens (tertiary/aromatic N) is 4. The number of piperazine rings is 1. The molecule has 7 nitrogen and oxygen atoms in total. The van der Waals surface area contributed by atoms with Gasteiger partial charge in [-0.05, 0) is 49.6 Å². The zero-order valence-corrected chi connectivity index (χ0v) is 22.5. The molecule has 2 aromatic heterocycles. The molecule has 0 spiro atoms. The molecule has 4 heterocycles. The summed E-state index contributed by atoms with van der Waals surface area (Å²) in [7, 11) is -3.76. The van der Waals surface area contributed by atoms with Crippen LogP contribution in [0.25, 0.3) is 10.2 Å². The Bertz CT molecular complexity index is 1330. The predicted octanol–water partition coefficient (Wildman–Crippen LogP) is 4.87. The molecular formula is C22H24Cl2N4O3S3. The molecule has 0 radical (unpaired) electrons. The van der Waals surface area contributed by atoms with Crippen molar-refractivity contribution in [1.82, 2.24) is 14.2 Å². The molecule has 1 unspecified atom stereocenters. The van der Waals surface area contributed by atoms with Crippen LogP contribution in [0, 0.1) is 6.92 Å². The highest BCUT2D eigenvalue weighted by molar-refractivity contribution is 7.91. The number of fused-ring (bicyclic) bond motifs is 1. The number of piperidine rings is 1. The molecule has 2 aliphatic heterocycles. The number of rotatable bonds is 4. The third-order valence-electron chi connectivity index (χ3n) is 6.45. The third-order valence-corrected chi connectivity index (χ3v) is 11.5. The molecule has 2 aliphatic rings. The second kappa shape index (κ2) is 9.55. The van der Waals surface area contributed by atoms with Crippen LogP contribution in [0.2, 0.25) is 9.36 Å². The minimum Gasteiger partial charge on any atom is -0.345 e. The van der Waals surface area contributed by atoms with Gasteiger partial charge in [0.05, 0.1) is 14.6 Å². The molecule has 1 atom stereocenters. The van der Waals surface area contributed by atoms with Gasteiger partial charge < -0.3 is 9.80 Å². The van der Waals surface area contributed by atoms with Gasteiger partial charge in [-0.25, -0.2) is 13.4 Å². The summed E-state index contributed by atoms with van der Waals surface area (Å²) in [5.74, 6) is -0.113. The maximum atomic E-state index is 13.5. The van der Waals surface area contributed by atoms with Crippen LogP contribution in [0.3, 0.4) is 0 Å². The van der Waals surface area contributed by atoms with Crippen LogP contribution in [-0.2, 0) is 14.8 Å². The van der Waals surface area contributed by atoms with Gasteiger partial charge in [-0.1, -0.05) is 41.0 Å². The Morgan fingerprint density at radius 3 is 2.50 bits per heavy atom. The molecule has 34 heavy (non-hydrogen) atoms. The minimum atomic E-state index is -3.76. The van der Waals surface area contributed by atoms with Crippen molar-refractivity contribution in [3.63, 3.8) is 0 Å². The summed E-state index contributed by atoms with van der Waals surface area (Å²) >= 11 is 14.9. The number of aryl methyl sites for hydroxylation is 1. The number of aromatic nitrogens is 1. The average molecular weight is 560 g/mol. The van der Waals surface area contributed by atoms with Crippen LogP contribution in [-0.4, -0.2) is 67.3 Å². The van der Waals surface area contributed by atoms with Gasteiger partial charge in [-0.15, -0.1) is 11.3 Å². The van der Waals surface area contributed by atoms with Crippen molar-refractivity contribution in [3.8, 4) is 0 Å². The van der Waals surface area contributed by atoms with Gasteiger partial charge in [0.2, 0.25) is 5.91 Å². The quantitative estimate of drug-likeness (QED) is 0.457. The molecule has 3 aromatic rings. The Morgan fingerprint density at radius 1 is 1.03 bits per heavy atom. The van der Waals surface area contributed by atoms with Gasteiger partial charge in [-0.2, -0.15) is 4.31 Å². The van der Waals surface area contributed by atoms with Gasteiger partial charge in [-0.3, -0.25) is 4.79 Å². The number of carbonyl (C=O) groups excluding carboxylic acids is 1. The van der Waals surface area contributed by atoms with Gasteiger partial charge in [0.25, 0.3) is 10.0 Å². The number of sulfonamides is 1. The van der Waals surface area contributed by atoms with E-state index in [0.717, 1.165) is 45.1 Å². The summed E-state index contributed by atoms with van der Waals surface area (Å²) in [5, 5.41) is 1.63. The first-order valence-corrected chi connectivity index (χ1v) is 14.9. The van der Waals surface area contributed by atoms with E-state index in [9.17, 15) is 13.2 Å². The molecule has 2 saturated heterocycles. The number of anilines is 1. The molecule has 182 valence electrons. The molecule has 0 bridgehead atoms. The molecule has 2 fully saturated rings. The summed E-state index contributed by atoms with van der Waals surface area (Å²) in [6.07, 6.45) is 2.12. The van der Waals surface area contributed by atoms with E-state index in [1.165, 1.54) is 10.4 Å². The van der Waals surface area contributed by atoms with Crippen molar-refractivity contribution in [2.45, 2.75) is 36.4 Å². The van der Waals surface area contributed by atoms with E-state index < -0.39 is 16.1 Å². The Hall–Kier alpha value is -1.43. The number of benzene rings is 1. The second-order valence-electron chi connectivity index (χ2n) is 8.51. The van der Waals surface area contributed by atoms with E-state index in [1.807, 2.05) is 19.1 Å². The predicted molar refractivity (Wildman–Crippen MR) is 139 cm³/mol. The standard InChI is InChI=1S/C22H24Cl2N4O3S3/c1-14-15(23)5-6-17-20(14)25-22(32-17)27-12-10-26(11-13-27)21(29)16-4-2-3-9-28(16)34(30,31)19-8-7-18(24)33-19/h5-8,16H,2-4,9-13H2,1H3. The lowest BCUT2D eigenvalue weighted by molar-refractivity contribution is -0.136. The van der Waals surface area contributed by atoms with Crippen molar-refractivity contribution in [2.75, 3.05) is 37.6 Å². The number of thiophene rings is 1. The fourth-order valence-corrected chi connectivity index (χ4v) is 9.04. The summed E-state index contributed by atoms with van der Waals surface area (Å²) in [6.45, 7) is 4.69. The van der Waals surface area contributed by atoms with E-state index in [2.05, 4.69) is 4.90 Å². The molecule has 0 aliphatic carbocycles. The summed E-state index contributed by atoms with van der Waals surface area (Å²) in [4.78, 5) is 22.2. The average Bonchev–Trinajstić information content (AvgIpc) is 3.48.